The van der Waals surface area contributed by atoms with Gasteiger partial charge in [-0.1, -0.05) is 36.4 Å². The molecule has 0 aliphatic heterocycles. The second kappa shape index (κ2) is 7.15. The highest BCUT2D eigenvalue weighted by Gasteiger charge is 2.16. The van der Waals surface area contributed by atoms with Crippen LogP contribution in [0.15, 0.2) is 59.5 Å². The Labute approximate surface area is 129 Å². The molecule has 6 nitrogen and oxygen atoms in total. The van der Waals surface area contributed by atoms with Gasteiger partial charge in [0.25, 0.3) is 5.69 Å². The summed E-state index contributed by atoms with van der Waals surface area (Å²) in [5.41, 5.74) is 0.893. The van der Waals surface area contributed by atoms with E-state index in [1.165, 1.54) is 18.2 Å². The van der Waals surface area contributed by atoms with Gasteiger partial charge in [-0.15, -0.1) is 0 Å². The summed E-state index contributed by atoms with van der Waals surface area (Å²) in [5, 5.41) is 10.7. The topological polar surface area (TPSA) is 89.3 Å². The minimum atomic E-state index is -3.73. The zero-order valence-corrected chi connectivity index (χ0v) is 12.6. The van der Waals surface area contributed by atoms with Gasteiger partial charge in [0.15, 0.2) is 0 Å². The van der Waals surface area contributed by atoms with E-state index in [2.05, 4.69) is 4.72 Å². The lowest BCUT2D eigenvalue weighted by Gasteiger charge is -2.06. The van der Waals surface area contributed by atoms with E-state index < -0.39 is 14.9 Å². The van der Waals surface area contributed by atoms with Gasteiger partial charge in [0.2, 0.25) is 10.0 Å². The van der Waals surface area contributed by atoms with Crippen LogP contribution in [0.2, 0.25) is 0 Å². The Morgan fingerprint density at radius 3 is 2.45 bits per heavy atom. The van der Waals surface area contributed by atoms with Crippen molar-refractivity contribution < 1.29 is 13.3 Å². The zero-order valence-electron chi connectivity index (χ0n) is 11.8. The van der Waals surface area contributed by atoms with Gasteiger partial charge in [0, 0.05) is 18.7 Å². The molecule has 2 aromatic carbocycles. The van der Waals surface area contributed by atoms with E-state index in [4.69, 9.17) is 0 Å². The number of sulfonamides is 1. The highest BCUT2D eigenvalue weighted by molar-refractivity contribution is 7.89. The van der Waals surface area contributed by atoms with Gasteiger partial charge in [-0.2, -0.15) is 0 Å². The van der Waals surface area contributed by atoms with E-state index in [9.17, 15) is 18.5 Å². The fourth-order valence-corrected chi connectivity index (χ4v) is 3.10. The highest BCUT2D eigenvalue weighted by atomic mass is 32.2. The molecule has 0 aromatic heterocycles. The first-order valence-corrected chi connectivity index (χ1v) is 8.25. The van der Waals surface area contributed by atoms with Crippen LogP contribution < -0.4 is 4.72 Å². The summed E-state index contributed by atoms with van der Waals surface area (Å²) in [6.45, 7) is 0.278. The van der Waals surface area contributed by atoms with Crippen LogP contribution in [0, 0.1) is 10.1 Å². The van der Waals surface area contributed by atoms with E-state index in [-0.39, 0.29) is 17.1 Å². The molecule has 0 amide bonds. The Balaban J connectivity index is 1.94. The Bertz CT molecular complexity index is 745. The Hall–Kier alpha value is -2.25. The third-order valence-electron chi connectivity index (χ3n) is 3.12. The van der Waals surface area contributed by atoms with Crippen molar-refractivity contribution in [1.82, 2.24) is 4.72 Å². The maximum atomic E-state index is 12.1. The van der Waals surface area contributed by atoms with Crippen LogP contribution in [0.5, 0.6) is 0 Å². The van der Waals surface area contributed by atoms with Crippen molar-refractivity contribution in [3.63, 3.8) is 0 Å². The summed E-state index contributed by atoms with van der Waals surface area (Å²) in [6, 6.07) is 14.8. The lowest BCUT2D eigenvalue weighted by molar-refractivity contribution is -0.385. The first-order valence-electron chi connectivity index (χ1n) is 6.77. The molecule has 0 unspecified atom stereocenters. The third kappa shape index (κ3) is 4.37. The van der Waals surface area contributed by atoms with Crippen LogP contribution in [0.25, 0.3) is 0 Å². The molecule has 0 saturated heterocycles. The Morgan fingerprint density at radius 2 is 1.77 bits per heavy atom. The summed E-state index contributed by atoms with van der Waals surface area (Å²) in [7, 11) is -3.73. The highest BCUT2D eigenvalue weighted by Crippen LogP contribution is 2.17. The van der Waals surface area contributed by atoms with Gasteiger partial charge in [-0.25, -0.2) is 13.1 Å². The fraction of sp³-hybridized carbons (Fsp3) is 0.200. The van der Waals surface area contributed by atoms with Crippen LogP contribution in [-0.4, -0.2) is 19.9 Å². The molecule has 0 saturated carbocycles. The average Bonchev–Trinajstić information content (AvgIpc) is 2.53. The van der Waals surface area contributed by atoms with Crippen LogP contribution in [0.4, 0.5) is 5.69 Å². The second-order valence-electron chi connectivity index (χ2n) is 4.74. The Morgan fingerprint density at radius 1 is 1.05 bits per heavy atom. The van der Waals surface area contributed by atoms with Gasteiger partial charge in [0.1, 0.15) is 0 Å². The number of nitro benzene ring substituents is 1. The summed E-state index contributed by atoms with van der Waals surface area (Å²) in [5.74, 6) is 0. The molecule has 0 bridgehead atoms. The molecular formula is C15H16N2O4S. The van der Waals surface area contributed by atoms with Crippen LogP contribution in [-0.2, 0) is 16.4 Å². The Kier molecular flexibility index (Phi) is 5.24. The molecule has 2 aromatic rings. The van der Waals surface area contributed by atoms with Gasteiger partial charge < -0.3 is 0 Å². The molecule has 0 heterocycles. The van der Waals surface area contributed by atoms with E-state index >= 15 is 0 Å². The number of benzene rings is 2. The normalized spacial score (nSPS) is 11.3. The number of aryl methyl sites for hydroxylation is 1. The van der Waals surface area contributed by atoms with Gasteiger partial charge in [-0.05, 0) is 24.5 Å². The molecule has 0 aliphatic rings. The number of nitrogens with one attached hydrogen (secondary N) is 1. The van der Waals surface area contributed by atoms with Crippen molar-refractivity contribution in [2.45, 2.75) is 17.7 Å². The molecule has 0 radical (unpaired) electrons. The average molecular weight is 320 g/mol. The number of non-ortho nitro benzene ring substituents is 1. The first kappa shape index (κ1) is 16.1. The van der Waals surface area contributed by atoms with E-state index in [0.717, 1.165) is 18.1 Å². The summed E-state index contributed by atoms with van der Waals surface area (Å²) < 4.78 is 26.6. The molecule has 22 heavy (non-hydrogen) atoms. The molecular weight excluding hydrogens is 304 g/mol. The molecule has 1 N–H and O–H groups in total. The molecule has 0 spiro atoms. The van der Waals surface area contributed by atoms with Crippen LogP contribution in [0.3, 0.4) is 0 Å². The minimum absolute atomic E-state index is 0.0959. The van der Waals surface area contributed by atoms with Crippen molar-refractivity contribution in [1.29, 1.82) is 0 Å². The molecule has 0 atom stereocenters. The number of nitrogens with zero attached hydrogens (tertiary/aromatic N) is 1. The van der Waals surface area contributed by atoms with E-state index in [0.29, 0.717) is 6.42 Å². The van der Waals surface area contributed by atoms with Gasteiger partial charge in [-0.3, -0.25) is 10.1 Å². The van der Waals surface area contributed by atoms with E-state index in [1.807, 2.05) is 30.3 Å². The maximum absolute atomic E-state index is 12.1. The van der Waals surface area contributed by atoms with Crippen molar-refractivity contribution in [3.05, 3.63) is 70.3 Å². The molecule has 116 valence electrons. The quantitative estimate of drug-likeness (QED) is 0.482. The van der Waals surface area contributed by atoms with E-state index in [1.54, 1.807) is 0 Å². The largest absolute Gasteiger partial charge is 0.270 e. The van der Waals surface area contributed by atoms with Gasteiger partial charge in [0.05, 0.1) is 9.82 Å². The molecule has 2 rings (SSSR count). The minimum Gasteiger partial charge on any atom is -0.258 e. The lowest BCUT2D eigenvalue weighted by Crippen LogP contribution is -2.25. The molecule has 0 fully saturated rings. The van der Waals surface area contributed by atoms with Crippen LogP contribution in [0.1, 0.15) is 12.0 Å². The standard InChI is InChI=1S/C15H16N2O4S/c18-17(19)14-9-4-10-15(12-14)22(20,21)16-11-5-8-13-6-2-1-3-7-13/h1-4,6-7,9-10,12,16H,5,8,11H2. The smallest absolute Gasteiger partial charge is 0.258 e. The van der Waals surface area contributed by atoms with Crippen LogP contribution >= 0.6 is 0 Å². The zero-order chi connectivity index (χ0) is 16.0. The fourth-order valence-electron chi connectivity index (χ4n) is 1.99. The summed E-state index contributed by atoms with van der Waals surface area (Å²) in [4.78, 5) is 9.98. The van der Waals surface area contributed by atoms with Crippen molar-refractivity contribution in [2.75, 3.05) is 6.54 Å². The maximum Gasteiger partial charge on any atom is 0.270 e. The number of hydrogen-bond donors (Lipinski definition) is 1. The predicted molar refractivity (Wildman–Crippen MR) is 83.0 cm³/mol. The van der Waals surface area contributed by atoms with Gasteiger partial charge >= 0.3 is 0 Å². The molecule has 7 heteroatoms. The third-order valence-corrected chi connectivity index (χ3v) is 4.57. The monoisotopic (exact) mass is 320 g/mol. The summed E-state index contributed by atoms with van der Waals surface area (Å²) in [6.07, 6.45) is 1.41. The number of rotatable bonds is 7. The first-order chi connectivity index (χ1) is 10.5. The SMILES string of the molecule is O=[N+]([O-])c1cccc(S(=O)(=O)NCCCc2ccccc2)c1. The number of hydrogen-bond acceptors (Lipinski definition) is 4. The number of nitro groups is 1. The van der Waals surface area contributed by atoms with Crippen molar-refractivity contribution in [2.24, 2.45) is 0 Å². The lowest BCUT2D eigenvalue weighted by atomic mass is 10.1. The second-order valence-corrected chi connectivity index (χ2v) is 6.51. The van der Waals surface area contributed by atoms with Crippen molar-refractivity contribution in [3.8, 4) is 0 Å². The summed E-state index contributed by atoms with van der Waals surface area (Å²) >= 11 is 0. The van der Waals surface area contributed by atoms with Crippen molar-refractivity contribution >= 4 is 15.7 Å². The molecule has 0 aliphatic carbocycles. The predicted octanol–water partition coefficient (Wildman–Crippen LogP) is 2.51.